The molecule has 0 aliphatic heterocycles. The van der Waals surface area contributed by atoms with E-state index in [-0.39, 0.29) is 5.91 Å². The molecule has 0 aliphatic rings. The minimum Gasteiger partial charge on any atom is -0.380 e. The van der Waals surface area contributed by atoms with E-state index < -0.39 is 0 Å². The van der Waals surface area contributed by atoms with Crippen molar-refractivity contribution in [2.75, 3.05) is 12.4 Å². The highest BCUT2D eigenvalue weighted by atomic mass is 16.5. The molecule has 2 aromatic rings. The summed E-state index contributed by atoms with van der Waals surface area (Å²) < 4.78 is 5.05. The topological polar surface area (TPSA) is 67.0 Å². The van der Waals surface area contributed by atoms with Gasteiger partial charge in [-0.05, 0) is 11.6 Å². The highest BCUT2D eigenvalue weighted by Gasteiger charge is 2.11. The van der Waals surface area contributed by atoms with Gasteiger partial charge in [-0.25, -0.2) is 0 Å². The molecule has 0 unspecified atom stereocenters. The third-order valence-corrected chi connectivity index (χ3v) is 2.31. The number of aromatic amines is 1. The maximum atomic E-state index is 12.0. The fourth-order valence-electron chi connectivity index (χ4n) is 1.54. The number of hydrogen-bond acceptors (Lipinski definition) is 3. The van der Waals surface area contributed by atoms with Gasteiger partial charge >= 0.3 is 0 Å². The number of aromatic nitrogens is 2. The van der Waals surface area contributed by atoms with E-state index in [1.54, 1.807) is 25.4 Å². The predicted octanol–water partition coefficient (Wildman–Crippen LogP) is 1.81. The number of amides is 1. The van der Waals surface area contributed by atoms with Crippen LogP contribution < -0.4 is 5.32 Å². The molecule has 1 aromatic heterocycles. The van der Waals surface area contributed by atoms with Gasteiger partial charge in [0.25, 0.3) is 5.91 Å². The first-order valence-corrected chi connectivity index (χ1v) is 5.19. The van der Waals surface area contributed by atoms with Gasteiger partial charge in [-0.2, -0.15) is 5.10 Å². The lowest BCUT2D eigenvalue weighted by Gasteiger charge is -2.08. The molecule has 2 rings (SSSR count). The second-order valence-corrected chi connectivity index (χ2v) is 3.51. The average Bonchev–Trinajstić information content (AvgIpc) is 2.83. The first-order chi connectivity index (χ1) is 8.31. The van der Waals surface area contributed by atoms with E-state index >= 15 is 0 Å². The second kappa shape index (κ2) is 5.27. The maximum Gasteiger partial charge on any atom is 0.257 e. The molecular formula is C12H13N3O2. The second-order valence-electron chi connectivity index (χ2n) is 3.51. The standard InChI is InChI=1S/C12H13N3O2/c1-17-8-9-4-2-3-5-10(9)12(16)14-11-6-7-13-15-11/h2-7H,8H2,1H3,(H2,13,14,15,16). The van der Waals surface area contributed by atoms with Crippen molar-refractivity contribution in [3.63, 3.8) is 0 Å². The Morgan fingerprint density at radius 1 is 1.41 bits per heavy atom. The summed E-state index contributed by atoms with van der Waals surface area (Å²) in [4.78, 5) is 12.0. The van der Waals surface area contributed by atoms with Gasteiger partial charge in [-0.1, -0.05) is 18.2 Å². The molecular weight excluding hydrogens is 218 g/mol. The van der Waals surface area contributed by atoms with Gasteiger partial charge in [-0.3, -0.25) is 9.89 Å². The number of hydrogen-bond donors (Lipinski definition) is 2. The third-order valence-electron chi connectivity index (χ3n) is 2.31. The molecule has 17 heavy (non-hydrogen) atoms. The number of ether oxygens (including phenoxy) is 1. The Morgan fingerprint density at radius 3 is 2.94 bits per heavy atom. The van der Waals surface area contributed by atoms with Gasteiger partial charge in [0.05, 0.1) is 12.8 Å². The number of H-pyrrole nitrogens is 1. The summed E-state index contributed by atoms with van der Waals surface area (Å²) in [6, 6.07) is 9.02. The summed E-state index contributed by atoms with van der Waals surface area (Å²) in [5, 5.41) is 9.16. The largest absolute Gasteiger partial charge is 0.380 e. The van der Waals surface area contributed by atoms with Crippen LogP contribution in [0.4, 0.5) is 5.82 Å². The zero-order chi connectivity index (χ0) is 12.1. The molecule has 0 aliphatic carbocycles. The van der Waals surface area contributed by atoms with Crippen molar-refractivity contribution >= 4 is 11.7 Å². The van der Waals surface area contributed by atoms with Gasteiger partial charge in [-0.15, -0.1) is 0 Å². The van der Waals surface area contributed by atoms with Gasteiger partial charge < -0.3 is 10.1 Å². The fourth-order valence-corrected chi connectivity index (χ4v) is 1.54. The molecule has 1 amide bonds. The van der Waals surface area contributed by atoms with E-state index in [0.717, 1.165) is 5.56 Å². The van der Waals surface area contributed by atoms with Gasteiger partial charge in [0.15, 0.2) is 0 Å². The van der Waals surface area contributed by atoms with Gasteiger partial charge in [0.2, 0.25) is 0 Å². The molecule has 0 saturated carbocycles. The van der Waals surface area contributed by atoms with Crippen LogP contribution in [0.15, 0.2) is 36.5 Å². The Bertz CT molecular complexity index is 494. The van der Waals surface area contributed by atoms with Crippen molar-refractivity contribution < 1.29 is 9.53 Å². The molecule has 1 heterocycles. The normalized spacial score (nSPS) is 10.2. The monoisotopic (exact) mass is 231 g/mol. The SMILES string of the molecule is COCc1ccccc1C(=O)Nc1ccn[nH]1. The van der Waals surface area contributed by atoms with Crippen LogP contribution in [0, 0.1) is 0 Å². The van der Waals surface area contributed by atoms with Gasteiger partial charge in [0.1, 0.15) is 5.82 Å². The minimum atomic E-state index is -0.179. The summed E-state index contributed by atoms with van der Waals surface area (Å²) in [5.41, 5.74) is 1.45. The molecule has 5 nitrogen and oxygen atoms in total. The van der Waals surface area contributed by atoms with E-state index in [9.17, 15) is 4.79 Å². The van der Waals surface area contributed by atoms with Crippen LogP contribution in [-0.4, -0.2) is 23.2 Å². The number of carbonyl (C=O) groups excluding carboxylic acids is 1. The van der Waals surface area contributed by atoms with E-state index in [0.29, 0.717) is 18.0 Å². The zero-order valence-electron chi connectivity index (χ0n) is 9.43. The van der Waals surface area contributed by atoms with Crippen molar-refractivity contribution in [2.45, 2.75) is 6.61 Å². The summed E-state index contributed by atoms with van der Waals surface area (Å²) in [5.74, 6) is 0.393. The quantitative estimate of drug-likeness (QED) is 0.843. The molecule has 0 spiro atoms. The third kappa shape index (κ3) is 2.70. The van der Waals surface area contributed by atoms with Crippen molar-refractivity contribution in [2.24, 2.45) is 0 Å². The van der Waals surface area contributed by atoms with E-state index in [1.165, 1.54) is 0 Å². The fraction of sp³-hybridized carbons (Fsp3) is 0.167. The highest BCUT2D eigenvalue weighted by Crippen LogP contribution is 2.12. The molecule has 0 bridgehead atoms. The van der Waals surface area contributed by atoms with Crippen LogP contribution >= 0.6 is 0 Å². The molecule has 88 valence electrons. The lowest BCUT2D eigenvalue weighted by atomic mass is 10.1. The lowest BCUT2D eigenvalue weighted by Crippen LogP contribution is -2.14. The summed E-state index contributed by atoms with van der Waals surface area (Å²) in [6.45, 7) is 0.409. The Balaban J connectivity index is 2.18. The smallest absolute Gasteiger partial charge is 0.257 e. The van der Waals surface area contributed by atoms with Crippen molar-refractivity contribution in [1.29, 1.82) is 0 Å². The van der Waals surface area contributed by atoms with Crippen LogP contribution in [0.1, 0.15) is 15.9 Å². The Labute approximate surface area is 98.8 Å². The number of nitrogens with zero attached hydrogens (tertiary/aromatic N) is 1. The molecule has 0 atom stereocenters. The number of carbonyl (C=O) groups is 1. The number of rotatable bonds is 4. The molecule has 0 radical (unpaired) electrons. The lowest BCUT2D eigenvalue weighted by molar-refractivity contribution is 0.102. The molecule has 2 N–H and O–H groups in total. The molecule has 5 heteroatoms. The summed E-state index contributed by atoms with van der Waals surface area (Å²) in [7, 11) is 1.60. The first kappa shape index (κ1) is 11.3. The van der Waals surface area contributed by atoms with Crippen LogP contribution in [-0.2, 0) is 11.3 Å². The average molecular weight is 231 g/mol. The minimum absolute atomic E-state index is 0.179. The molecule has 1 aromatic carbocycles. The Kier molecular flexibility index (Phi) is 3.52. The number of benzene rings is 1. The van der Waals surface area contributed by atoms with E-state index in [1.807, 2.05) is 18.2 Å². The van der Waals surface area contributed by atoms with E-state index in [4.69, 9.17) is 4.74 Å². The molecule has 0 saturated heterocycles. The van der Waals surface area contributed by atoms with Crippen LogP contribution in [0.3, 0.4) is 0 Å². The number of anilines is 1. The van der Waals surface area contributed by atoms with Crippen LogP contribution in [0.25, 0.3) is 0 Å². The number of nitrogens with one attached hydrogen (secondary N) is 2. The number of methoxy groups -OCH3 is 1. The van der Waals surface area contributed by atoms with Crippen molar-refractivity contribution in [3.8, 4) is 0 Å². The van der Waals surface area contributed by atoms with Crippen molar-refractivity contribution in [1.82, 2.24) is 10.2 Å². The Hall–Kier alpha value is -2.14. The van der Waals surface area contributed by atoms with Crippen molar-refractivity contribution in [3.05, 3.63) is 47.7 Å². The van der Waals surface area contributed by atoms with Crippen LogP contribution in [0.2, 0.25) is 0 Å². The Morgan fingerprint density at radius 2 is 2.24 bits per heavy atom. The highest BCUT2D eigenvalue weighted by molar-refractivity contribution is 6.04. The predicted molar refractivity (Wildman–Crippen MR) is 63.7 cm³/mol. The van der Waals surface area contributed by atoms with E-state index in [2.05, 4.69) is 15.5 Å². The summed E-state index contributed by atoms with van der Waals surface area (Å²) >= 11 is 0. The zero-order valence-corrected chi connectivity index (χ0v) is 9.43. The maximum absolute atomic E-state index is 12.0. The first-order valence-electron chi connectivity index (χ1n) is 5.19. The van der Waals surface area contributed by atoms with Crippen LogP contribution in [0.5, 0.6) is 0 Å². The summed E-state index contributed by atoms with van der Waals surface area (Å²) in [6.07, 6.45) is 1.58. The van der Waals surface area contributed by atoms with Gasteiger partial charge in [0, 0.05) is 18.7 Å². The molecule has 0 fully saturated rings.